The lowest BCUT2D eigenvalue weighted by atomic mass is 9.89. The zero-order valence-corrected chi connectivity index (χ0v) is 9.38. The molecule has 1 aromatic heterocycles. The highest BCUT2D eigenvalue weighted by Gasteiger charge is 2.55. The predicted octanol–water partition coefficient (Wildman–Crippen LogP) is 2.10. The molecule has 18 heavy (non-hydrogen) atoms. The number of nitrogens with two attached hydrogens (primary N) is 1. The Kier molecular flexibility index (Phi) is 2.60. The summed E-state index contributed by atoms with van der Waals surface area (Å²) in [5, 5.41) is 0. The highest BCUT2D eigenvalue weighted by atomic mass is 19.3. The Morgan fingerprint density at radius 2 is 2.11 bits per heavy atom. The average molecular weight is 259 g/mol. The van der Waals surface area contributed by atoms with Crippen molar-refractivity contribution in [2.75, 3.05) is 6.61 Å². The second-order valence-electron chi connectivity index (χ2n) is 4.04. The molecule has 2 rings (SSSR count). The van der Waals surface area contributed by atoms with E-state index in [1.54, 1.807) is 0 Å². The number of nitrogens with zero attached hydrogens (tertiary/aromatic N) is 2. The Labute approximate surface area is 101 Å². The maximum Gasteiger partial charge on any atom is 0.309 e. The SMILES string of the molecule is CC1(c2nc([NH-])ccc2F)N=C(N)OCC1(F)F. The molecule has 1 aromatic rings. The number of hydrogen-bond acceptors (Lipinski definition) is 4. The average Bonchev–Trinajstić information content (AvgIpc) is 2.28. The number of amidine groups is 1. The first kappa shape index (κ1) is 12.5. The zero-order valence-electron chi connectivity index (χ0n) is 9.38. The van der Waals surface area contributed by atoms with E-state index in [1.807, 2.05) is 0 Å². The lowest BCUT2D eigenvalue weighted by Gasteiger charge is -2.38. The third-order valence-corrected chi connectivity index (χ3v) is 2.75. The van der Waals surface area contributed by atoms with E-state index in [0.29, 0.717) is 0 Å². The molecule has 2 heterocycles. The standard InChI is InChI=1S/C10H10F3N4O/c1-9(7-5(11)2-3-6(14)16-7)10(12,13)4-18-8(15)17-9/h2-3H,4H2,1H3,(H3-,14,15,16,17)/q-1. The fourth-order valence-corrected chi connectivity index (χ4v) is 1.65. The van der Waals surface area contributed by atoms with Crippen LogP contribution in [0, 0.1) is 5.82 Å². The second kappa shape index (κ2) is 3.76. The summed E-state index contributed by atoms with van der Waals surface area (Å²) < 4.78 is 45.8. The van der Waals surface area contributed by atoms with Crippen molar-refractivity contribution in [3.8, 4) is 0 Å². The van der Waals surface area contributed by atoms with Crippen LogP contribution in [0.15, 0.2) is 17.1 Å². The minimum Gasteiger partial charge on any atom is -0.482 e. The molecule has 0 fully saturated rings. The van der Waals surface area contributed by atoms with Crippen LogP contribution < -0.4 is 5.73 Å². The third-order valence-electron chi connectivity index (χ3n) is 2.75. The highest BCUT2D eigenvalue weighted by Crippen LogP contribution is 2.43. The van der Waals surface area contributed by atoms with Crippen molar-refractivity contribution < 1.29 is 17.9 Å². The van der Waals surface area contributed by atoms with Crippen LogP contribution in [0.3, 0.4) is 0 Å². The van der Waals surface area contributed by atoms with Crippen LogP contribution in [-0.4, -0.2) is 23.5 Å². The highest BCUT2D eigenvalue weighted by molar-refractivity contribution is 5.73. The first-order chi connectivity index (χ1) is 8.26. The van der Waals surface area contributed by atoms with Crippen LogP contribution in [0.1, 0.15) is 12.6 Å². The van der Waals surface area contributed by atoms with Gasteiger partial charge in [0, 0.05) is 5.69 Å². The van der Waals surface area contributed by atoms with Gasteiger partial charge >= 0.3 is 5.92 Å². The number of aromatic nitrogens is 1. The van der Waals surface area contributed by atoms with Crippen molar-refractivity contribution >= 4 is 11.8 Å². The molecule has 3 N–H and O–H groups in total. The molecule has 0 saturated carbocycles. The predicted molar refractivity (Wildman–Crippen MR) is 58.1 cm³/mol. The van der Waals surface area contributed by atoms with Gasteiger partial charge < -0.3 is 21.2 Å². The van der Waals surface area contributed by atoms with Gasteiger partial charge in [-0.3, -0.25) is 0 Å². The molecule has 8 heteroatoms. The van der Waals surface area contributed by atoms with Crippen molar-refractivity contribution in [1.82, 2.24) is 4.98 Å². The number of aliphatic imine (C=N–C) groups is 1. The van der Waals surface area contributed by atoms with Crippen molar-refractivity contribution in [3.05, 3.63) is 29.4 Å². The van der Waals surface area contributed by atoms with Gasteiger partial charge in [-0.1, -0.05) is 11.9 Å². The van der Waals surface area contributed by atoms with Crippen LogP contribution in [0.25, 0.3) is 5.73 Å². The fourth-order valence-electron chi connectivity index (χ4n) is 1.65. The van der Waals surface area contributed by atoms with E-state index in [4.69, 9.17) is 11.5 Å². The second-order valence-corrected chi connectivity index (χ2v) is 4.04. The minimum absolute atomic E-state index is 0.330. The summed E-state index contributed by atoms with van der Waals surface area (Å²) in [4.78, 5) is 6.97. The molecule has 0 amide bonds. The molecule has 98 valence electrons. The molecule has 0 radical (unpaired) electrons. The molecule has 1 atom stereocenters. The van der Waals surface area contributed by atoms with E-state index in [2.05, 4.69) is 14.7 Å². The molecule has 0 spiro atoms. The Balaban J connectivity index is 2.65. The summed E-state index contributed by atoms with van der Waals surface area (Å²) in [6, 6.07) is 1.50. The number of hydrogen-bond donors (Lipinski definition) is 1. The van der Waals surface area contributed by atoms with Crippen molar-refractivity contribution in [3.63, 3.8) is 0 Å². The molecular formula is C10H10F3N4O-. The van der Waals surface area contributed by atoms with Crippen LogP contribution in [-0.2, 0) is 10.3 Å². The van der Waals surface area contributed by atoms with Crippen LogP contribution in [0.5, 0.6) is 0 Å². The van der Waals surface area contributed by atoms with Gasteiger partial charge in [-0.2, -0.15) is 8.78 Å². The monoisotopic (exact) mass is 259 g/mol. The summed E-state index contributed by atoms with van der Waals surface area (Å²) in [7, 11) is 0. The Morgan fingerprint density at radius 3 is 2.78 bits per heavy atom. The lowest BCUT2D eigenvalue weighted by molar-refractivity contribution is -0.118. The van der Waals surface area contributed by atoms with Gasteiger partial charge in [-0.15, -0.1) is 0 Å². The molecule has 1 aliphatic rings. The molecule has 0 saturated heterocycles. The van der Waals surface area contributed by atoms with E-state index >= 15 is 0 Å². The Bertz CT molecular complexity index is 520. The van der Waals surface area contributed by atoms with E-state index in [9.17, 15) is 13.2 Å². The summed E-state index contributed by atoms with van der Waals surface area (Å²) in [6.45, 7) is -0.00455. The quantitative estimate of drug-likeness (QED) is 0.838. The van der Waals surface area contributed by atoms with Gasteiger partial charge in [0.1, 0.15) is 5.82 Å². The maximum absolute atomic E-state index is 13.9. The topological polar surface area (TPSA) is 84.3 Å². The third kappa shape index (κ3) is 1.73. The van der Waals surface area contributed by atoms with E-state index in [-0.39, 0.29) is 5.82 Å². The first-order valence-corrected chi connectivity index (χ1v) is 5.01. The van der Waals surface area contributed by atoms with Crippen molar-refractivity contribution in [2.24, 2.45) is 10.7 Å². The zero-order chi connectivity index (χ0) is 13.6. The molecule has 1 aliphatic heterocycles. The summed E-state index contributed by atoms with van der Waals surface area (Å²) in [5.74, 6) is -4.77. The Hall–Kier alpha value is -1.99. The lowest BCUT2D eigenvalue weighted by Crippen LogP contribution is -2.51. The number of ether oxygens (including phenoxy) is 1. The molecule has 0 aromatic carbocycles. The number of pyridine rings is 1. The summed E-state index contributed by atoms with van der Waals surface area (Å²) >= 11 is 0. The maximum atomic E-state index is 13.9. The van der Waals surface area contributed by atoms with Crippen LogP contribution in [0.2, 0.25) is 0 Å². The largest absolute Gasteiger partial charge is 0.482 e. The molecule has 0 bridgehead atoms. The van der Waals surface area contributed by atoms with Gasteiger partial charge in [0.15, 0.2) is 12.1 Å². The van der Waals surface area contributed by atoms with E-state index in [0.717, 1.165) is 19.1 Å². The number of alkyl halides is 2. The molecule has 1 unspecified atom stereocenters. The first-order valence-electron chi connectivity index (χ1n) is 5.01. The normalized spacial score (nSPS) is 26.3. The van der Waals surface area contributed by atoms with Crippen molar-refractivity contribution in [1.29, 1.82) is 0 Å². The van der Waals surface area contributed by atoms with E-state index < -0.39 is 35.6 Å². The summed E-state index contributed by atoms with van der Waals surface area (Å²) in [5.41, 5.74) is 9.64. The Morgan fingerprint density at radius 1 is 1.44 bits per heavy atom. The van der Waals surface area contributed by atoms with Gasteiger partial charge in [0.2, 0.25) is 0 Å². The van der Waals surface area contributed by atoms with Crippen molar-refractivity contribution in [2.45, 2.75) is 18.4 Å². The molecule has 5 nitrogen and oxygen atoms in total. The van der Waals surface area contributed by atoms with Gasteiger partial charge in [-0.25, -0.2) is 9.38 Å². The smallest absolute Gasteiger partial charge is 0.309 e. The minimum atomic E-state index is -3.47. The van der Waals surface area contributed by atoms with E-state index in [1.165, 1.54) is 0 Å². The summed E-state index contributed by atoms with van der Waals surface area (Å²) in [6.07, 6.45) is 0. The number of nitrogens with one attached hydrogen (secondary N) is 1. The number of halogens is 3. The van der Waals surface area contributed by atoms with Gasteiger partial charge in [-0.05, 0) is 13.0 Å². The van der Waals surface area contributed by atoms with Crippen LogP contribution >= 0.6 is 0 Å². The molecular weight excluding hydrogens is 249 g/mol. The fraction of sp³-hybridized carbons (Fsp3) is 0.400. The molecule has 0 aliphatic carbocycles. The van der Waals surface area contributed by atoms with Gasteiger partial charge in [0.25, 0.3) is 6.02 Å². The van der Waals surface area contributed by atoms with Gasteiger partial charge in [0.05, 0.1) is 0 Å². The number of rotatable bonds is 1. The van der Waals surface area contributed by atoms with Crippen LogP contribution in [0.4, 0.5) is 19.0 Å².